The fraction of sp³-hybridized carbons (Fsp3) is 0.200. The Balaban J connectivity index is 2.13. The molecule has 0 aliphatic heterocycles. The lowest BCUT2D eigenvalue weighted by molar-refractivity contribution is 0.281. The maximum Gasteiger partial charge on any atom is 0.171 e. The third-order valence-electron chi connectivity index (χ3n) is 2.80. The molecule has 2 aromatic carbocycles. The molecule has 2 aromatic rings. The normalized spacial score (nSPS) is 10.4. The average molecular weight is 343 g/mol. The van der Waals surface area contributed by atoms with Crippen molar-refractivity contribution in [1.29, 1.82) is 0 Å². The zero-order chi connectivity index (χ0) is 14.5. The highest BCUT2D eigenvalue weighted by molar-refractivity contribution is 9.08. The van der Waals surface area contributed by atoms with Crippen LogP contribution in [0.25, 0.3) is 0 Å². The molecule has 0 aromatic heterocycles. The third kappa shape index (κ3) is 3.28. The van der Waals surface area contributed by atoms with Gasteiger partial charge in [0, 0.05) is 10.9 Å². The average Bonchev–Trinajstić information content (AvgIpc) is 2.47. The molecule has 5 heteroatoms. The second kappa shape index (κ2) is 6.70. The van der Waals surface area contributed by atoms with Crippen molar-refractivity contribution in [3.05, 3.63) is 59.2 Å². The number of methoxy groups -OCH3 is 1. The van der Waals surface area contributed by atoms with Gasteiger partial charge in [-0.15, -0.1) is 0 Å². The van der Waals surface area contributed by atoms with Gasteiger partial charge in [-0.2, -0.15) is 0 Å². The number of rotatable bonds is 5. The SMILES string of the molecule is COc1cccc(COc2ccc(CBr)cc2F)c1F. The van der Waals surface area contributed by atoms with Gasteiger partial charge >= 0.3 is 0 Å². The van der Waals surface area contributed by atoms with Crippen molar-refractivity contribution in [3.8, 4) is 11.5 Å². The van der Waals surface area contributed by atoms with E-state index in [2.05, 4.69) is 15.9 Å². The van der Waals surface area contributed by atoms with Crippen LogP contribution in [0.2, 0.25) is 0 Å². The van der Waals surface area contributed by atoms with E-state index in [1.165, 1.54) is 25.3 Å². The monoisotopic (exact) mass is 342 g/mol. The quantitative estimate of drug-likeness (QED) is 0.747. The minimum Gasteiger partial charge on any atom is -0.494 e. The molecular weight excluding hydrogens is 330 g/mol. The van der Waals surface area contributed by atoms with E-state index in [9.17, 15) is 8.78 Å². The van der Waals surface area contributed by atoms with Crippen LogP contribution >= 0.6 is 15.9 Å². The summed E-state index contributed by atoms with van der Waals surface area (Å²) in [6, 6.07) is 9.41. The Labute approximate surface area is 124 Å². The first-order valence-electron chi connectivity index (χ1n) is 5.94. The fourth-order valence-corrected chi connectivity index (χ4v) is 2.07. The van der Waals surface area contributed by atoms with Crippen molar-refractivity contribution >= 4 is 15.9 Å². The molecule has 0 heterocycles. The van der Waals surface area contributed by atoms with Crippen LogP contribution in [0.1, 0.15) is 11.1 Å². The number of halogens is 3. The maximum absolute atomic E-state index is 13.9. The lowest BCUT2D eigenvalue weighted by Gasteiger charge is -2.10. The Morgan fingerprint density at radius 3 is 2.55 bits per heavy atom. The maximum atomic E-state index is 13.9. The minimum atomic E-state index is -0.493. The van der Waals surface area contributed by atoms with E-state index in [-0.39, 0.29) is 18.1 Å². The Kier molecular flexibility index (Phi) is 4.95. The van der Waals surface area contributed by atoms with E-state index < -0.39 is 11.6 Å². The highest BCUT2D eigenvalue weighted by Crippen LogP contribution is 2.24. The molecule has 0 aliphatic rings. The van der Waals surface area contributed by atoms with Gasteiger partial charge in [0.1, 0.15) is 6.61 Å². The van der Waals surface area contributed by atoms with Crippen LogP contribution in [0, 0.1) is 11.6 Å². The van der Waals surface area contributed by atoms with E-state index in [1.807, 2.05) is 0 Å². The van der Waals surface area contributed by atoms with E-state index in [0.717, 1.165) is 5.56 Å². The predicted molar refractivity (Wildman–Crippen MR) is 76.3 cm³/mol. The van der Waals surface area contributed by atoms with E-state index in [0.29, 0.717) is 10.9 Å². The van der Waals surface area contributed by atoms with Gasteiger partial charge in [0.15, 0.2) is 23.1 Å². The van der Waals surface area contributed by atoms with Crippen molar-refractivity contribution in [3.63, 3.8) is 0 Å². The largest absolute Gasteiger partial charge is 0.494 e. The number of benzene rings is 2. The van der Waals surface area contributed by atoms with Crippen molar-refractivity contribution in [1.82, 2.24) is 0 Å². The second-order valence-electron chi connectivity index (χ2n) is 4.12. The van der Waals surface area contributed by atoms with Crippen LogP contribution in [0.5, 0.6) is 11.5 Å². The summed E-state index contributed by atoms with van der Waals surface area (Å²) >= 11 is 3.25. The predicted octanol–water partition coefficient (Wildman–Crippen LogP) is 4.45. The van der Waals surface area contributed by atoms with Crippen LogP contribution in [0.3, 0.4) is 0 Å². The van der Waals surface area contributed by atoms with Crippen LogP contribution in [0.4, 0.5) is 8.78 Å². The van der Waals surface area contributed by atoms with Gasteiger partial charge in [-0.25, -0.2) is 8.78 Å². The molecule has 0 unspecified atom stereocenters. The molecule has 0 saturated heterocycles. The summed E-state index contributed by atoms with van der Waals surface area (Å²) in [7, 11) is 1.39. The van der Waals surface area contributed by atoms with Crippen LogP contribution < -0.4 is 9.47 Å². The summed E-state index contributed by atoms with van der Waals surface area (Å²) in [5.74, 6) is -0.726. The Bertz CT molecular complexity index is 602. The number of hydrogen-bond acceptors (Lipinski definition) is 2. The van der Waals surface area contributed by atoms with Crippen LogP contribution in [-0.2, 0) is 11.9 Å². The molecular formula is C15H13BrF2O2. The summed E-state index contributed by atoms with van der Waals surface area (Å²) in [6.45, 7) is -0.0619. The summed E-state index contributed by atoms with van der Waals surface area (Å²) in [6.07, 6.45) is 0. The van der Waals surface area contributed by atoms with Crippen molar-refractivity contribution < 1.29 is 18.3 Å². The minimum absolute atomic E-state index is 0.0619. The smallest absolute Gasteiger partial charge is 0.171 e. The number of hydrogen-bond donors (Lipinski definition) is 0. The van der Waals surface area contributed by atoms with E-state index >= 15 is 0 Å². The fourth-order valence-electron chi connectivity index (χ4n) is 1.73. The van der Waals surface area contributed by atoms with Gasteiger partial charge in [0.2, 0.25) is 0 Å². The Hall–Kier alpha value is -1.62. The summed E-state index contributed by atoms with van der Waals surface area (Å²) in [5.41, 5.74) is 1.12. The molecule has 0 atom stereocenters. The van der Waals surface area contributed by atoms with Gasteiger partial charge in [0.05, 0.1) is 7.11 Å². The Morgan fingerprint density at radius 1 is 1.10 bits per heavy atom. The molecule has 0 radical (unpaired) electrons. The Morgan fingerprint density at radius 2 is 1.90 bits per heavy atom. The van der Waals surface area contributed by atoms with Crippen molar-refractivity contribution in [2.75, 3.05) is 7.11 Å². The van der Waals surface area contributed by atoms with Crippen LogP contribution in [-0.4, -0.2) is 7.11 Å². The van der Waals surface area contributed by atoms with E-state index in [4.69, 9.17) is 9.47 Å². The van der Waals surface area contributed by atoms with E-state index in [1.54, 1.807) is 18.2 Å². The molecule has 0 fully saturated rings. The topological polar surface area (TPSA) is 18.5 Å². The van der Waals surface area contributed by atoms with Gasteiger partial charge in [-0.05, 0) is 23.8 Å². The van der Waals surface area contributed by atoms with Gasteiger partial charge < -0.3 is 9.47 Å². The van der Waals surface area contributed by atoms with Crippen molar-refractivity contribution in [2.45, 2.75) is 11.9 Å². The van der Waals surface area contributed by atoms with Gasteiger partial charge in [-0.3, -0.25) is 0 Å². The van der Waals surface area contributed by atoms with Gasteiger partial charge in [-0.1, -0.05) is 34.1 Å². The first-order chi connectivity index (χ1) is 9.65. The highest BCUT2D eigenvalue weighted by Gasteiger charge is 2.10. The molecule has 0 saturated carbocycles. The van der Waals surface area contributed by atoms with Crippen LogP contribution in [0.15, 0.2) is 36.4 Å². The lowest BCUT2D eigenvalue weighted by atomic mass is 10.2. The highest BCUT2D eigenvalue weighted by atomic mass is 79.9. The number of alkyl halides is 1. The first kappa shape index (κ1) is 14.8. The lowest BCUT2D eigenvalue weighted by Crippen LogP contribution is -2.01. The zero-order valence-corrected chi connectivity index (χ0v) is 12.4. The molecule has 0 amide bonds. The molecule has 2 nitrogen and oxygen atoms in total. The molecule has 20 heavy (non-hydrogen) atoms. The zero-order valence-electron chi connectivity index (χ0n) is 10.8. The first-order valence-corrected chi connectivity index (χ1v) is 7.06. The summed E-state index contributed by atoms with van der Waals surface area (Å²) in [5, 5.41) is 0.564. The molecule has 0 N–H and O–H groups in total. The molecule has 2 rings (SSSR count). The summed E-state index contributed by atoms with van der Waals surface area (Å²) in [4.78, 5) is 0. The summed E-state index contributed by atoms with van der Waals surface area (Å²) < 4.78 is 37.8. The number of ether oxygens (including phenoxy) is 2. The molecule has 0 aliphatic carbocycles. The molecule has 0 bridgehead atoms. The third-order valence-corrected chi connectivity index (χ3v) is 3.44. The molecule has 0 spiro atoms. The second-order valence-corrected chi connectivity index (χ2v) is 4.68. The standard InChI is InChI=1S/C15H13BrF2O2/c1-19-14-4-2-3-11(15(14)18)9-20-13-6-5-10(8-16)7-12(13)17/h2-7H,8-9H2,1H3. The van der Waals surface area contributed by atoms with Gasteiger partial charge in [0.25, 0.3) is 0 Å². The van der Waals surface area contributed by atoms with Crippen molar-refractivity contribution in [2.24, 2.45) is 0 Å². The molecule has 106 valence electrons.